The van der Waals surface area contributed by atoms with Gasteiger partial charge in [0.1, 0.15) is 11.8 Å². The highest BCUT2D eigenvalue weighted by atomic mass is 32.2. The lowest BCUT2D eigenvalue weighted by molar-refractivity contribution is -0.139. The molecule has 1 unspecified atom stereocenters. The number of H-pyrrole nitrogens is 1. The number of aromatic amines is 1. The van der Waals surface area contributed by atoms with Crippen molar-refractivity contribution in [2.24, 2.45) is 0 Å². The van der Waals surface area contributed by atoms with Crippen LogP contribution in [0.15, 0.2) is 90.0 Å². The van der Waals surface area contributed by atoms with Gasteiger partial charge >= 0.3 is 5.97 Å². The number of unbranched alkanes of at least 4 members (excludes halogenated alkanes) is 1. The fourth-order valence-electron chi connectivity index (χ4n) is 4.32. The van der Waals surface area contributed by atoms with E-state index < -0.39 is 34.5 Å². The van der Waals surface area contributed by atoms with Gasteiger partial charge in [0.05, 0.1) is 10.4 Å². The number of aliphatic carboxylic acids is 1. The number of fused-ring (bicyclic) bond motifs is 1. The maximum Gasteiger partial charge on any atom is 0.341 e. The molecule has 0 aliphatic carbocycles. The second-order valence-corrected chi connectivity index (χ2v) is 10.8. The van der Waals surface area contributed by atoms with Gasteiger partial charge < -0.3 is 20.1 Å². The second kappa shape index (κ2) is 13.1. The van der Waals surface area contributed by atoms with Gasteiger partial charge in [-0.1, -0.05) is 54.6 Å². The van der Waals surface area contributed by atoms with Crippen molar-refractivity contribution in [1.29, 1.82) is 0 Å². The molecule has 4 N–H and O–H groups in total. The summed E-state index contributed by atoms with van der Waals surface area (Å²) in [7, 11) is -3.97. The van der Waals surface area contributed by atoms with E-state index in [4.69, 9.17) is 9.84 Å². The zero-order valence-corrected chi connectivity index (χ0v) is 22.1. The Kier molecular flexibility index (Phi) is 9.35. The van der Waals surface area contributed by atoms with E-state index >= 15 is 0 Å². The number of ether oxygens (including phenoxy) is 1. The van der Waals surface area contributed by atoms with E-state index in [0.717, 1.165) is 19.3 Å². The number of sulfonamides is 1. The third kappa shape index (κ3) is 7.68. The van der Waals surface area contributed by atoms with Crippen molar-refractivity contribution >= 4 is 32.8 Å². The molecular weight excluding hydrogens is 518 g/mol. The van der Waals surface area contributed by atoms with Crippen LogP contribution in [-0.2, 0) is 32.5 Å². The van der Waals surface area contributed by atoms with Crippen molar-refractivity contribution in [2.45, 2.75) is 36.6 Å². The van der Waals surface area contributed by atoms with Gasteiger partial charge in [-0.25, -0.2) is 13.2 Å². The molecule has 10 heteroatoms. The molecule has 204 valence electrons. The molecule has 4 rings (SSSR count). The summed E-state index contributed by atoms with van der Waals surface area (Å²) < 4.78 is 34.2. The minimum Gasteiger partial charge on any atom is -0.480 e. The molecule has 0 saturated carbocycles. The SMILES string of the molecule is O=C(O)COc1ccc(CC(NS(=O)(=O)c2ccccc2)C(=O)NCCCCc2ccccc2)c2cc[nH]c12. The Balaban J connectivity index is 1.49. The van der Waals surface area contributed by atoms with Crippen LogP contribution in [-0.4, -0.2) is 49.6 Å². The monoisotopic (exact) mass is 549 g/mol. The molecule has 0 saturated heterocycles. The smallest absolute Gasteiger partial charge is 0.341 e. The number of amides is 1. The van der Waals surface area contributed by atoms with Gasteiger partial charge in [-0.15, -0.1) is 0 Å². The van der Waals surface area contributed by atoms with Gasteiger partial charge in [0, 0.05) is 18.1 Å². The van der Waals surface area contributed by atoms with Gasteiger partial charge in [-0.05, 0) is 61.1 Å². The molecule has 39 heavy (non-hydrogen) atoms. The number of carbonyl (C=O) groups is 2. The van der Waals surface area contributed by atoms with Crippen LogP contribution >= 0.6 is 0 Å². The van der Waals surface area contributed by atoms with Crippen LogP contribution in [0.2, 0.25) is 0 Å². The van der Waals surface area contributed by atoms with Crippen molar-refractivity contribution in [3.8, 4) is 5.75 Å². The Hall–Kier alpha value is -4.15. The van der Waals surface area contributed by atoms with E-state index in [9.17, 15) is 18.0 Å². The molecule has 0 bridgehead atoms. The number of hydrogen-bond donors (Lipinski definition) is 4. The molecule has 1 aromatic heterocycles. The lowest BCUT2D eigenvalue weighted by Crippen LogP contribution is -2.48. The normalized spacial score (nSPS) is 12.2. The number of hydrogen-bond acceptors (Lipinski definition) is 5. The first-order valence-corrected chi connectivity index (χ1v) is 14.1. The van der Waals surface area contributed by atoms with Crippen LogP contribution < -0.4 is 14.8 Å². The predicted molar refractivity (Wildman–Crippen MR) is 148 cm³/mol. The number of carbonyl (C=O) groups excluding carboxylic acids is 1. The van der Waals surface area contributed by atoms with E-state index in [1.165, 1.54) is 17.7 Å². The molecule has 0 aliphatic rings. The first kappa shape index (κ1) is 27.9. The van der Waals surface area contributed by atoms with Gasteiger partial charge in [0.2, 0.25) is 15.9 Å². The fraction of sp³-hybridized carbons (Fsp3) is 0.241. The molecule has 1 amide bonds. The standard InChI is InChI=1S/C29H31N3O6S/c33-27(34)20-38-26-15-14-22(24-16-18-30-28(24)26)19-25(32-39(36,37)23-12-5-2-6-13-23)29(35)31-17-8-7-11-21-9-3-1-4-10-21/h1-6,9-10,12-16,18,25,30,32H,7-8,11,17,19-20H2,(H,31,35)(H,33,34). The average Bonchev–Trinajstić information content (AvgIpc) is 3.43. The molecule has 1 heterocycles. The van der Waals surface area contributed by atoms with Gasteiger partial charge in [-0.3, -0.25) is 4.79 Å². The van der Waals surface area contributed by atoms with E-state index in [1.807, 2.05) is 18.2 Å². The molecule has 0 aliphatic heterocycles. The van der Waals surface area contributed by atoms with Gasteiger partial charge in [-0.2, -0.15) is 4.72 Å². The number of rotatable bonds is 14. The number of nitrogens with one attached hydrogen (secondary N) is 3. The number of carboxylic acids is 1. The molecule has 0 radical (unpaired) electrons. The highest BCUT2D eigenvalue weighted by Gasteiger charge is 2.27. The van der Waals surface area contributed by atoms with Crippen LogP contribution in [0, 0.1) is 0 Å². The fourth-order valence-corrected chi connectivity index (χ4v) is 5.54. The first-order chi connectivity index (χ1) is 18.8. The maximum absolute atomic E-state index is 13.3. The Morgan fingerprint density at radius 1 is 0.923 bits per heavy atom. The van der Waals surface area contributed by atoms with Gasteiger partial charge in [0.15, 0.2) is 6.61 Å². The summed E-state index contributed by atoms with van der Waals surface area (Å²) in [4.78, 5) is 27.3. The third-order valence-corrected chi connectivity index (χ3v) is 7.74. The zero-order chi connectivity index (χ0) is 27.7. The summed E-state index contributed by atoms with van der Waals surface area (Å²) in [6.45, 7) is -0.0869. The summed E-state index contributed by atoms with van der Waals surface area (Å²) in [5.41, 5.74) is 2.50. The third-order valence-electron chi connectivity index (χ3n) is 6.25. The van der Waals surface area contributed by atoms with Gasteiger partial charge in [0.25, 0.3) is 0 Å². The Labute approximate surface area is 227 Å². The zero-order valence-electron chi connectivity index (χ0n) is 21.3. The van der Waals surface area contributed by atoms with Crippen LogP contribution in [0.1, 0.15) is 24.0 Å². The Bertz CT molecular complexity index is 1500. The van der Waals surface area contributed by atoms with Crippen molar-refractivity contribution in [3.63, 3.8) is 0 Å². The largest absolute Gasteiger partial charge is 0.480 e. The average molecular weight is 550 g/mol. The maximum atomic E-state index is 13.3. The molecule has 3 aromatic carbocycles. The lowest BCUT2D eigenvalue weighted by atomic mass is 10.0. The number of aromatic nitrogens is 1. The minimum absolute atomic E-state index is 0.0647. The van der Waals surface area contributed by atoms with E-state index in [-0.39, 0.29) is 11.3 Å². The van der Waals surface area contributed by atoms with E-state index in [1.54, 1.807) is 42.6 Å². The molecular formula is C29H31N3O6S. The predicted octanol–water partition coefficient (Wildman–Crippen LogP) is 3.66. The summed E-state index contributed by atoms with van der Waals surface area (Å²) in [6, 6.07) is 22.0. The summed E-state index contributed by atoms with van der Waals surface area (Å²) in [5, 5.41) is 12.5. The summed E-state index contributed by atoms with van der Waals surface area (Å²) in [6.07, 6.45) is 4.28. The van der Waals surface area contributed by atoms with E-state index in [2.05, 4.69) is 27.2 Å². The van der Waals surface area contributed by atoms with Crippen LogP contribution in [0.25, 0.3) is 10.9 Å². The molecule has 0 spiro atoms. The molecule has 1 atom stereocenters. The number of aryl methyl sites for hydroxylation is 1. The lowest BCUT2D eigenvalue weighted by Gasteiger charge is -2.20. The molecule has 0 fully saturated rings. The van der Waals surface area contributed by atoms with Crippen molar-refractivity contribution in [2.75, 3.05) is 13.2 Å². The van der Waals surface area contributed by atoms with Crippen molar-refractivity contribution in [3.05, 3.63) is 96.2 Å². The quantitative estimate of drug-likeness (QED) is 0.177. The number of benzene rings is 3. The topological polar surface area (TPSA) is 138 Å². The van der Waals surface area contributed by atoms with Crippen LogP contribution in [0.4, 0.5) is 0 Å². The Morgan fingerprint density at radius 3 is 2.36 bits per heavy atom. The highest BCUT2D eigenvalue weighted by molar-refractivity contribution is 7.89. The van der Waals surface area contributed by atoms with Crippen molar-refractivity contribution in [1.82, 2.24) is 15.0 Å². The van der Waals surface area contributed by atoms with E-state index in [0.29, 0.717) is 28.8 Å². The molecule has 4 aromatic rings. The summed E-state index contributed by atoms with van der Waals surface area (Å²) in [5.74, 6) is -1.18. The summed E-state index contributed by atoms with van der Waals surface area (Å²) >= 11 is 0. The Morgan fingerprint density at radius 2 is 1.64 bits per heavy atom. The second-order valence-electron chi connectivity index (χ2n) is 9.10. The minimum atomic E-state index is -3.97. The van der Waals surface area contributed by atoms with Crippen LogP contribution in [0.5, 0.6) is 5.75 Å². The molecule has 9 nitrogen and oxygen atoms in total. The van der Waals surface area contributed by atoms with Crippen LogP contribution in [0.3, 0.4) is 0 Å². The first-order valence-electron chi connectivity index (χ1n) is 12.7. The number of carboxylic acid groups (broad SMARTS) is 1. The van der Waals surface area contributed by atoms with Crippen molar-refractivity contribution < 1.29 is 27.9 Å². The highest BCUT2D eigenvalue weighted by Crippen LogP contribution is 2.28.